The number of nitrogens with zero attached hydrogens (tertiary/aromatic N) is 4. The number of likely N-dealkylation sites (tertiary alicyclic amines) is 1. The van der Waals surface area contributed by atoms with Gasteiger partial charge in [-0.15, -0.1) is 5.10 Å². The second-order valence-electron chi connectivity index (χ2n) is 7.59. The first-order chi connectivity index (χ1) is 11.9. The maximum absolute atomic E-state index is 12.2. The van der Waals surface area contributed by atoms with Crippen LogP contribution in [0.1, 0.15) is 50.9 Å². The smallest absolute Gasteiger partial charge is 0.410 e. The molecule has 0 atom stereocenters. The Morgan fingerprint density at radius 2 is 1.88 bits per heavy atom. The Morgan fingerprint density at radius 1 is 1.20 bits per heavy atom. The van der Waals surface area contributed by atoms with Gasteiger partial charge in [0, 0.05) is 24.7 Å². The van der Waals surface area contributed by atoms with E-state index in [-0.39, 0.29) is 11.5 Å². The van der Waals surface area contributed by atoms with E-state index < -0.39 is 0 Å². The van der Waals surface area contributed by atoms with Crippen LogP contribution in [0.15, 0.2) is 36.5 Å². The molecule has 2 heterocycles. The summed E-state index contributed by atoms with van der Waals surface area (Å²) in [6.45, 7) is 8.08. The van der Waals surface area contributed by atoms with Crippen molar-refractivity contribution in [1.82, 2.24) is 19.9 Å². The maximum Gasteiger partial charge on any atom is 0.410 e. The van der Waals surface area contributed by atoms with Crippen molar-refractivity contribution in [3.63, 3.8) is 0 Å². The lowest BCUT2D eigenvalue weighted by molar-refractivity contribution is 0.0820. The summed E-state index contributed by atoms with van der Waals surface area (Å²) in [6, 6.07) is 10.0. The molecule has 134 valence electrons. The van der Waals surface area contributed by atoms with Crippen LogP contribution >= 0.6 is 0 Å². The van der Waals surface area contributed by atoms with E-state index in [4.69, 9.17) is 4.74 Å². The van der Waals surface area contributed by atoms with Crippen LogP contribution < -0.4 is 0 Å². The van der Waals surface area contributed by atoms with Crippen molar-refractivity contribution in [2.45, 2.75) is 51.7 Å². The zero-order valence-electron chi connectivity index (χ0n) is 15.2. The average molecular weight is 342 g/mol. The molecule has 25 heavy (non-hydrogen) atoms. The molecule has 1 aliphatic rings. The van der Waals surface area contributed by atoms with Gasteiger partial charge in [0.1, 0.15) is 6.61 Å². The van der Waals surface area contributed by atoms with Gasteiger partial charge in [0.05, 0.1) is 11.7 Å². The standard InChI is InChI=1S/C19H26N4O2/c1-19(2,3)17-13-23(21-20-17)16-9-11-22(12-10-16)18(24)25-14-15-7-5-4-6-8-15/h4-8,13,16H,9-12,14H2,1-3H3. The average Bonchev–Trinajstić information content (AvgIpc) is 3.11. The molecule has 1 fully saturated rings. The lowest BCUT2D eigenvalue weighted by atomic mass is 9.93. The van der Waals surface area contributed by atoms with E-state index in [0.29, 0.717) is 25.7 Å². The molecule has 0 N–H and O–H groups in total. The molecule has 0 aliphatic carbocycles. The molecule has 0 saturated carbocycles. The van der Waals surface area contributed by atoms with Crippen LogP contribution in [-0.2, 0) is 16.8 Å². The van der Waals surface area contributed by atoms with E-state index in [9.17, 15) is 4.79 Å². The third-order valence-electron chi connectivity index (χ3n) is 4.58. The number of hydrogen-bond donors (Lipinski definition) is 0. The van der Waals surface area contributed by atoms with Crippen molar-refractivity contribution in [3.8, 4) is 0 Å². The highest BCUT2D eigenvalue weighted by Gasteiger charge is 2.27. The largest absolute Gasteiger partial charge is 0.445 e. The molecule has 1 amide bonds. The lowest BCUT2D eigenvalue weighted by Gasteiger charge is -2.31. The fourth-order valence-electron chi connectivity index (χ4n) is 2.92. The highest BCUT2D eigenvalue weighted by Crippen LogP contribution is 2.25. The number of rotatable bonds is 3. The van der Waals surface area contributed by atoms with E-state index in [1.54, 1.807) is 4.90 Å². The van der Waals surface area contributed by atoms with Crippen molar-refractivity contribution in [2.24, 2.45) is 0 Å². The zero-order chi connectivity index (χ0) is 17.9. The first-order valence-electron chi connectivity index (χ1n) is 8.81. The third-order valence-corrected chi connectivity index (χ3v) is 4.58. The summed E-state index contributed by atoms with van der Waals surface area (Å²) < 4.78 is 7.36. The molecule has 1 saturated heterocycles. The zero-order valence-corrected chi connectivity index (χ0v) is 15.2. The number of ether oxygens (including phenoxy) is 1. The molecular formula is C19H26N4O2. The van der Waals surface area contributed by atoms with Gasteiger partial charge in [0.15, 0.2) is 0 Å². The molecule has 0 radical (unpaired) electrons. The number of amides is 1. The Morgan fingerprint density at radius 3 is 2.48 bits per heavy atom. The molecule has 1 aromatic carbocycles. The second-order valence-corrected chi connectivity index (χ2v) is 7.59. The van der Waals surface area contributed by atoms with Gasteiger partial charge in [0.2, 0.25) is 0 Å². The van der Waals surface area contributed by atoms with Crippen LogP contribution in [0.3, 0.4) is 0 Å². The van der Waals surface area contributed by atoms with Crippen LogP contribution in [0, 0.1) is 0 Å². The molecule has 2 aromatic rings. The van der Waals surface area contributed by atoms with E-state index in [0.717, 1.165) is 24.1 Å². The summed E-state index contributed by atoms with van der Waals surface area (Å²) in [5.74, 6) is 0. The summed E-state index contributed by atoms with van der Waals surface area (Å²) in [4.78, 5) is 14.0. The minimum Gasteiger partial charge on any atom is -0.445 e. The SMILES string of the molecule is CC(C)(C)c1cn(C2CCN(C(=O)OCc3ccccc3)CC2)nn1. The molecule has 1 aromatic heterocycles. The number of aromatic nitrogens is 3. The van der Waals surface area contributed by atoms with Crippen LogP contribution in [0.5, 0.6) is 0 Å². The summed E-state index contributed by atoms with van der Waals surface area (Å²) in [7, 11) is 0. The quantitative estimate of drug-likeness (QED) is 0.856. The van der Waals surface area contributed by atoms with Gasteiger partial charge < -0.3 is 9.64 Å². The Bertz CT molecular complexity index is 698. The van der Waals surface area contributed by atoms with Crippen molar-refractivity contribution < 1.29 is 9.53 Å². The second kappa shape index (κ2) is 7.25. The fraction of sp³-hybridized carbons (Fsp3) is 0.526. The molecule has 3 rings (SSSR count). The normalized spacial score (nSPS) is 16.0. The Balaban J connectivity index is 1.50. The Kier molecular flexibility index (Phi) is 5.06. The van der Waals surface area contributed by atoms with Gasteiger partial charge in [-0.25, -0.2) is 9.48 Å². The minimum atomic E-state index is -0.240. The van der Waals surface area contributed by atoms with Gasteiger partial charge in [-0.2, -0.15) is 0 Å². The van der Waals surface area contributed by atoms with Crippen molar-refractivity contribution in [3.05, 3.63) is 47.8 Å². The summed E-state index contributed by atoms with van der Waals surface area (Å²) in [5.41, 5.74) is 2.00. The Labute approximate surface area is 148 Å². The highest BCUT2D eigenvalue weighted by atomic mass is 16.6. The predicted octanol–water partition coefficient (Wildman–Crippen LogP) is 3.55. The van der Waals surface area contributed by atoms with E-state index >= 15 is 0 Å². The Hall–Kier alpha value is -2.37. The first kappa shape index (κ1) is 17.5. The van der Waals surface area contributed by atoms with Crippen LogP contribution in [0.4, 0.5) is 4.79 Å². The van der Waals surface area contributed by atoms with Gasteiger partial charge in [-0.3, -0.25) is 0 Å². The summed E-state index contributed by atoms with van der Waals surface area (Å²) in [5, 5.41) is 8.57. The predicted molar refractivity (Wildman–Crippen MR) is 95.2 cm³/mol. The van der Waals surface area contributed by atoms with E-state index in [1.807, 2.05) is 41.2 Å². The van der Waals surface area contributed by atoms with Gasteiger partial charge in [-0.1, -0.05) is 56.3 Å². The maximum atomic E-state index is 12.2. The third kappa shape index (κ3) is 4.38. The molecule has 6 nitrogen and oxygen atoms in total. The number of carbonyl (C=O) groups is 1. The molecule has 0 unspecified atom stereocenters. The number of piperidine rings is 1. The van der Waals surface area contributed by atoms with Crippen LogP contribution in [-0.4, -0.2) is 39.1 Å². The van der Waals surface area contributed by atoms with Crippen molar-refractivity contribution in [1.29, 1.82) is 0 Å². The minimum absolute atomic E-state index is 0.000195. The van der Waals surface area contributed by atoms with Crippen molar-refractivity contribution >= 4 is 6.09 Å². The molecule has 1 aliphatic heterocycles. The summed E-state index contributed by atoms with van der Waals surface area (Å²) >= 11 is 0. The van der Waals surface area contributed by atoms with E-state index in [1.165, 1.54) is 0 Å². The van der Waals surface area contributed by atoms with E-state index in [2.05, 4.69) is 31.1 Å². The first-order valence-corrected chi connectivity index (χ1v) is 8.81. The number of hydrogen-bond acceptors (Lipinski definition) is 4. The number of benzene rings is 1. The van der Waals surface area contributed by atoms with Gasteiger partial charge in [0.25, 0.3) is 0 Å². The van der Waals surface area contributed by atoms with Crippen LogP contribution in [0.2, 0.25) is 0 Å². The monoisotopic (exact) mass is 342 g/mol. The van der Waals surface area contributed by atoms with Crippen molar-refractivity contribution in [2.75, 3.05) is 13.1 Å². The highest BCUT2D eigenvalue weighted by molar-refractivity contribution is 5.67. The topological polar surface area (TPSA) is 60.2 Å². The molecular weight excluding hydrogens is 316 g/mol. The van der Waals surface area contributed by atoms with Crippen LogP contribution in [0.25, 0.3) is 0 Å². The molecule has 0 bridgehead atoms. The fourth-order valence-corrected chi connectivity index (χ4v) is 2.92. The van der Waals surface area contributed by atoms with Gasteiger partial charge >= 0.3 is 6.09 Å². The van der Waals surface area contributed by atoms with Gasteiger partial charge in [-0.05, 0) is 18.4 Å². The molecule has 0 spiro atoms. The lowest BCUT2D eigenvalue weighted by Crippen LogP contribution is -2.39. The number of carbonyl (C=O) groups excluding carboxylic acids is 1. The molecule has 6 heteroatoms. The summed E-state index contributed by atoms with van der Waals surface area (Å²) in [6.07, 6.45) is 3.53.